The number of hydrogen-bond donors (Lipinski definition) is 1. The van der Waals surface area contributed by atoms with Crippen LogP contribution in [0, 0.1) is 5.82 Å². The van der Waals surface area contributed by atoms with Crippen molar-refractivity contribution in [1.82, 2.24) is 0 Å². The smallest absolute Gasteiger partial charge is 0.259 e. The molecule has 0 bridgehead atoms. The Bertz CT molecular complexity index is 1780. The number of anilines is 2. The number of rotatable bonds is 7. The molecule has 0 saturated carbocycles. The molecule has 9 heteroatoms. The zero-order valence-electron chi connectivity index (χ0n) is 25.4. The van der Waals surface area contributed by atoms with Crippen LogP contribution in [0.25, 0.3) is 0 Å². The minimum Gasteiger partial charge on any atom is -0.497 e. The Morgan fingerprint density at radius 2 is 1.51 bits per heavy atom. The van der Waals surface area contributed by atoms with Crippen molar-refractivity contribution >= 4 is 23.1 Å². The van der Waals surface area contributed by atoms with E-state index < -0.39 is 6.04 Å². The molecule has 0 spiro atoms. The predicted octanol–water partition coefficient (Wildman–Crippen LogP) is 7.07. The van der Waals surface area contributed by atoms with Crippen molar-refractivity contribution < 1.29 is 32.9 Å². The summed E-state index contributed by atoms with van der Waals surface area (Å²) in [5.74, 6) is 0.622. The van der Waals surface area contributed by atoms with Crippen LogP contribution in [-0.4, -0.2) is 40.1 Å². The predicted molar refractivity (Wildman–Crippen MR) is 169 cm³/mol. The first-order chi connectivity index (χ1) is 21.9. The summed E-state index contributed by atoms with van der Waals surface area (Å²) in [6, 6.07) is 23.5. The fraction of sp³-hybridized carbons (Fsp3) is 0.222. The van der Waals surface area contributed by atoms with E-state index in [-0.39, 0.29) is 35.4 Å². The van der Waals surface area contributed by atoms with Crippen LogP contribution in [0.1, 0.15) is 46.3 Å². The summed E-state index contributed by atoms with van der Waals surface area (Å²) in [7, 11) is 6.06. The van der Waals surface area contributed by atoms with Gasteiger partial charge in [0.15, 0.2) is 17.3 Å². The Labute approximate surface area is 261 Å². The van der Waals surface area contributed by atoms with Crippen LogP contribution >= 0.6 is 0 Å². The van der Waals surface area contributed by atoms with E-state index in [2.05, 4.69) is 5.32 Å². The lowest BCUT2D eigenvalue weighted by atomic mass is 9.78. The Kier molecular flexibility index (Phi) is 8.17. The maximum Gasteiger partial charge on any atom is 0.259 e. The van der Waals surface area contributed by atoms with Gasteiger partial charge in [-0.3, -0.25) is 14.5 Å². The third-order valence-electron chi connectivity index (χ3n) is 8.37. The van der Waals surface area contributed by atoms with Crippen LogP contribution in [0.2, 0.25) is 0 Å². The zero-order valence-corrected chi connectivity index (χ0v) is 25.4. The summed E-state index contributed by atoms with van der Waals surface area (Å²) in [5.41, 5.74) is 4.31. The number of para-hydroxylation sites is 2. The fourth-order valence-electron chi connectivity index (χ4n) is 6.25. The highest BCUT2D eigenvalue weighted by Gasteiger charge is 2.42. The van der Waals surface area contributed by atoms with Crippen LogP contribution < -0.4 is 29.2 Å². The van der Waals surface area contributed by atoms with Crippen LogP contribution in [0.5, 0.6) is 23.0 Å². The van der Waals surface area contributed by atoms with E-state index in [0.29, 0.717) is 57.6 Å². The molecule has 4 aromatic rings. The number of carbonyl (C=O) groups is 2. The molecule has 6 rings (SSSR count). The first-order valence-corrected chi connectivity index (χ1v) is 14.5. The van der Waals surface area contributed by atoms with E-state index >= 15 is 0 Å². The second kappa shape index (κ2) is 12.4. The Morgan fingerprint density at radius 1 is 0.800 bits per heavy atom. The molecule has 1 amide bonds. The number of Topliss-reactive ketones (excluding diaryl/α,β-unsaturated/α-hetero) is 1. The van der Waals surface area contributed by atoms with Gasteiger partial charge in [0.1, 0.15) is 11.6 Å². The number of benzene rings is 4. The average Bonchev–Trinajstić information content (AvgIpc) is 3.22. The van der Waals surface area contributed by atoms with Gasteiger partial charge in [0.2, 0.25) is 5.75 Å². The number of halogens is 1. The molecule has 4 aromatic carbocycles. The highest BCUT2D eigenvalue weighted by atomic mass is 19.1. The topological polar surface area (TPSA) is 86.3 Å². The number of ether oxygens (including phenoxy) is 4. The molecule has 1 aliphatic heterocycles. The number of allylic oxidation sites excluding steroid dienone is 1. The number of hydrogen-bond acceptors (Lipinski definition) is 7. The van der Waals surface area contributed by atoms with E-state index in [9.17, 15) is 14.0 Å². The van der Waals surface area contributed by atoms with Crippen LogP contribution in [0.15, 0.2) is 96.2 Å². The standard InChI is InChI=1S/C36H33FN2O6/c1-42-26-9-7-8-22(16-26)34-33-28(17-23(18-30(33)40)21-12-14-25(37)15-13-21)38-27-10-5-6-11-29(27)39(34)36(41)24-19-31(43-2)35(45-4)32(20-24)44-3/h5-16,19-20,23,34,38H,17-18H2,1-4H3/t23-,34-/m1/s1. The summed E-state index contributed by atoms with van der Waals surface area (Å²) >= 11 is 0. The van der Waals surface area contributed by atoms with Gasteiger partial charge in [0.05, 0.1) is 45.9 Å². The first kappa shape index (κ1) is 29.7. The van der Waals surface area contributed by atoms with Crippen molar-refractivity contribution in [2.24, 2.45) is 0 Å². The normalized spacial score (nSPS) is 17.4. The van der Waals surface area contributed by atoms with Gasteiger partial charge in [-0.1, -0.05) is 36.4 Å². The number of methoxy groups -OCH3 is 4. The second-order valence-corrected chi connectivity index (χ2v) is 10.9. The third kappa shape index (κ3) is 5.46. The van der Waals surface area contributed by atoms with Crippen molar-refractivity contribution in [3.05, 3.63) is 119 Å². The fourth-order valence-corrected chi connectivity index (χ4v) is 6.25. The van der Waals surface area contributed by atoms with Crippen molar-refractivity contribution in [3.63, 3.8) is 0 Å². The van der Waals surface area contributed by atoms with Crippen molar-refractivity contribution in [3.8, 4) is 23.0 Å². The molecule has 0 radical (unpaired) electrons. The van der Waals surface area contributed by atoms with E-state index in [1.165, 1.54) is 33.5 Å². The molecule has 230 valence electrons. The number of amides is 1. The minimum atomic E-state index is -0.806. The molecule has 1 N–H and O–H groups in total. The van der Waals surface area contributed by atoms with Gasteiger partial charge in [-0.15, -0.1) is 0 Å². The SMILES string of the molecule is COc1cccc([C@@H]2C3=C(C[C@@H](c4ccc(F)cc4)CC3=O)Nc3ccccc3N2C(=O)c2cc(OC)c(OC)c(OC)c2)c1. The first-order valence-electron chi connectivity index (χ1n) is 14.5. The van der Waals surface area contributed by atoms with Gasteiger partial charge in [0.25, 0.3) is 5.91 Å². The van der Waals surface area contributed by atoms with Gasteiger partial charge in [-0.2, -0.15) is 0 Å². The zero-order chi connectivity index (χ0) is 31.7. The average molecular weight is 609 g/mol. The molecular weight excluding hydrogens is 575 g/mol. The maximum absolute atomic E-state index is 14.8. The number of fused-ring (bicyclic) bond motifs is 1. The number of carbonyl (C=O) groups excluding carboxylic acids is 2. The van der Waals surface area contributed by atoms with E-state index in [0.717, 1.165) is 5.56 Å². The molecule has 1 heterocycles. The maximum atomic E-state index is 14.8. The lowest BCUT2D eigenvalue weighted by molar-refractivity contribution is -0.116. The Morgan fingerprint density at radius 3 is 2.18 bits per heavy atom. The monoisotopic (exact) mass is 608 g/mol. The van der Waals surface area contributed by atoms with E-state index in [4.69, 9.17) is 18.9 Å². The van der Waals surface area contributed by atoms with Crippen LogP contribution in [0.3, 0.4) is 0 Å². The largest absolute Gasteiger partial charge is 0.497 e. The quantitative estimate of drug-likeness (QED) is 0.240. The molecule has 8 nitrogen and oxygen atoms in total. The van der Waals surface area contributed by atoms with Crippen LogP contribution in [0.4, 0.5) is 15.8 Å². The molecule has 0 fully saturated rings. The minimum absolute atomic E-state index is 0.110. The Balaban J connectivity index is 1.57. The van der Waals surface area contributed by atoms with E-state index in [1.54, 1.807) is 36.3 Å². The van der Waals surface area contributed by atoms with Crippen molar-refractivity contribution in [2.45, 2.75) is 24.8 Å². The molecule has 2 atom stereocenters. The number of ketones is 1. The van der Waals surface area contributed by atoms with E-state index in [1.807, 2.05) is 48.5 Å². The third-order valence-corrected chi connectivity index (χ3v) is 8.37. The second-order valence-electron chi connectivity index (χ2n) is 10.9. The molecule has 0 saturated heterocycles. The van der Waals surface area contributed by atoms with Gasteiger partial charge in [0, 0.05) is 23.3 Å². The van der Waals surface area contributed by atoms with Gasteiger partial charge < -0.3 is 24.3 Å². The summed E-state index contributed by atoms with van der Waals surface area (Å²) in [5, 5.41) is 3.52. The van der Waals surface area contributed by atoms with Gasteiger partial charge in [-0.25, -0.2) is 4.39 Å². The van der Waals surface area contributed by atoms with Crippen LogP contribution in [-0.2, 0) is 4.79 Å². The molecule has 0 unspecified atom stereocenters. The highest BCUT2D eigenvalue weighted by molar-refractivity contribution is 6.12. The lowest BCUT2D eigenvalue weighted by Gasteiger charge is -2.35. The Hall–Kier alpha value is -5.31. The summed E-state index contributed by atoms with van der Waals surface area (Å²) in [4.78, 5) is 30.8. The summed E-state index contributed by atoms with van der Waals surface area (Å²) in [6.07, 6.45) is 0.697. The molecule has 2 aliphatic rings. The molecule has 0 aromatic heterocycles. The lowest BCUT2D eigenvalue weighted by Crippen LogP contribution is -2.38. The van der Waals surface area contributed by atoms with Crippen molar-refractivity contribution in [1.29, 1.82) is 0 Å². The summed E-state index contributed by atoms with van der Waals surface area (Å²) < 4.78 is 35.9. The molecule has 45 heavy (non-hydrogen) atoms. The number of nitrogens with zero attached hydrogens (tertiary/aromatic N) is 1. The summed E-state index contributed by atoms with van der Waals surface area (Å²) in [6.45, 7) is 0. The van der Waals surface area contributed by atoms with Gasteiger partial charge in [-0.05, 0) is 72.0 Å². The highest BCUT2D eigenvalue weighted by Crippen LogP contribution is 2.49. The number of nitrogens with one attached hydrogen (secondary N) is 1. The van der Waals surface area contributed by atoms with Crippen molar-refractivity contribution in [2.75, 3.05) is 38.7 Å². The molecular formula is C36H33FN2O6. The molecule has 1 aliphatic carbocycles. The van der Waals surface area contributed by atoms with Gasteiger partial charge >= 0.3 is 0 Å².